The van der Waals surface area contributed by atoms with Crippen molar-refractivity contribution < 1.29 is 21.6 Å². The molecule has 1 aromatic heterocycles. The Hall–Kier alpha value is -2.72. The van der Waals surface area contributed by atoms with E-state index in [0.29, 0.717) is 35.9 Å². The number of sulfonamides is 1. The fourth-order valence-electron chi connectivity index (χ4n) is 3.19. The molecule has 2 aromatic carbocycles. The van der Waals surface area contributed by atoms with E-state index in [2.05, 4.69) is 9.97 Å². The van der Waals surface area contributed by atoms with Gasteiger partial charge in [0, 0.05) is 31.6 Å². The number of piperazine rings is 1. The van der Waals surface area contributed by atoms with E-state index in [1.165, 1.54) is 22.8 Å². The predicted octanol–water partition coefficient (Wildman–Crippen LogP) is 2.56. The summed E-state index contributed by atoms with van der Waals surface area (Å²) in [5.74, 6) is -2.21. The van der Waals surface area contributed by atoms with Crippen molar-refractivity contribution in [2.75, 3.05) is 31.1 Å². The topological polar surface area (TPSA) is 66.4 Å². The SMILES string of the molecule is O=S(=O)(c1ccc(F)c(F)c1)N1CCN(c2ncnc3ccc(F)cc23)CC1. The predicted molar refractivity (Wildman–Crippen MR) is 96.8 cm³/mol. The fourth-order valence-corrected chi connectivity index (χ4v) is 4.63. The van der Waals surface area contributed by atoms with Crippen molar-refractivity contribution in [2.24, 2.45) is 0 Å². The van der Waals surface area contributed by atoms with Gasteiger partial charge < -0.3 is 4.90 Å². The van der Waals surface area contributed by atoms with Crippen LogP contribution in [0.3, 0.4) is 0 Å². The highest BCUT2D eigenvalue weighted by molar-refractivity contribution is 7.89. The molecule has 28 heavy (non-hydrogen) atoms. The Morgan fingerprint density at radius 2 is 1.61 bits per heavy atom. The van der Waals surface area contributed by atoms with E-state index < -0.39 is 27.5 Å². The molecular weight excluding hydrogens is 393 g/mol. The van der Waals surface area contributed by atoms with Crippen LogP contribution in [0, 0.1) is 17.5 Å². The van der Waals surface area contributed by atoms with Crippen molar-refractivity contribution in [3.63, 3.8) is 0 Å². The molecule has 1 saturated heterocycles. The Bertz CT molecular complexity index is 1150. The van der Waals surface area contributed by atoms with Gasteiger partial charge in [0.15, 0.2) is 11.6 Å². The maximum absolute atomic E-state index is 13.6. The molecule has 4 rings (SSSR count). The first-order valence-corrected chi connectivity index (χ1v) is 9.91. The van der Waals surface area contributed by atoms with Gasteiger partial charge >= 0.3 is 0 Å². The molecule has 1 aliphatic rings. The lowest BCUT2D eigenvalue weighted by Gasteiger charge is -2.35. The van der Waals surface area contributed by atoms with Crippen LogP contribution in [-0.4, -0.2) is 48.9 Å². The Morgan fingerprint density at radius 1 is 0.857 bits per heavy atom. The third-order valence-electron chi connectivity index (χ3n) is 4.64. The van der Waals surface area contributed by atoms with E-state index in [0.717, 1.165) is 12.1 Å². The highest BCUT2D eigenvalue weighted by atomic mass is 32.2. The molecule has 0 saturated carbocycles. The van der Waals surface area contributed by atoms with Gasteiger partial charge in [-0.05, 0) is 36.4 Å². The van der Waals surface area contributed by atoms with E-state index in [4.69, 9.17) is 0 Å². The van der Waals surface area contributed by atoms with Crippen LogP contribution in [0.15, 0.2) is 47.6 Å². The number of fused-ring (bicyclic) bond motifs is 1. The quantitative estimate of drug-likeness (QED) is 0.667. The molecule has 146 valence electrons. The van der Waals surface area contributed by atoms with Gasteiger partial charge in [-0.15, -0.1) is 0 Å². The number of rotatable bonds is 3. The Morgan fingerprint density at radius 3 is 2.32 bits per heavy atom. The van der Waals surface area contributed by atoms with E-state index >= 15 is 0 Å². The van der Waals surface area contributed by atoms with Crippen molar-refractivity contribution in [1.82, 2.24) is 14.3 Å². The monoisotopic (exact) mass is 408 g/mol. The molecule has 10 heteroatoms. The normalized spacial score (nSPS) is 15.9. The molecular formula is C18H15F3N4O2S. The first-order valence-electron chi connectivity index (χ1n) is 8.47. The average Bonchev–Trinajstić information content (AvgIpc) is 2.69. The number of aromatic nitrogens is 2. The summed E-state index contributed by atoms with van der Waals surface area (Å²) in [7, 11) is -3.95. The van der Waals surface area contributed by atoms with Gasteiger partial charge in [0.05, 0.1) is 10.4 Å². The van der Waals surface area contributed by atoms with Crippen LogP contribution in [0.4, 0.5) is 19.0 Å². The number of hydrogen-bond acceptors (Lipinski definition) is 5. The summed E-state index contributed by atoms with van der Waals surface area (Å²) in [5, 5.41) is 0.541. The smallest absolute Gasteiger partial charge is 0.243 e. The summed E-state index contributed by atoms with van der Waals surface area (Å²) in [6.07, 6.45) is 1.37. The summed E-state index contributed by atoms with van der Waals surface area (Å²) < 4.78 is 66.8. The molecule has 0 aliphatic carbocycles. The molecule has 0 spiro atoms. The van der Waals surface area contributed by atoms with Gasteiger partial charge in [0.25, 0.3) is 0 Å². The molecule has 0 radical (unpaired) electrons. The molecule has 2 heterocycles. The van der Waals surface area contributed by atoms with Crippen molar-refractivity contribution in [3.8, 4) is 0 Å². The number of halogens is 3. The summed E-state index contributed by atoms with van der Waals surface area (Å²) in [6, 6.07) is 6.72. The van der Waals surface area contributed by atoms with Crippen LogP contribution in [0.25, 0.3) is 10.9 Å². The molecule has 0 atom stereocenters. The molecule has 0 bridgehead atoms. The van der Waals surface area contributed by atoms with Gasteiger partial charge in [-0.25, -0.2) is 31.6 Å². The molecule has 0 N–H and O–H groups in total. The van der Waals surface area contributed by atoms with Crippen LogP contribution in [-0.2, 0) is 10.0 Å². The second kappa shape index (κ2) is 7.02. The third kappa shape index (κ3) is 3.29. The highest BCUT2D eigenvalue weighted by Gasteiger charge is 2.30. The van der Waals surface area contributed by atoms with Crippen molar-refractivity contribution >= 4 is 26.7 Å². The largest absolute Gasteiger partial charge is 0.353 e. The number of nitrogens with zero attached hydrogens (tertiary/aromatic N) is 4. The molecule has 1 aliphatic heterocycles. The summed E-state index contributed by atoms with van der Waals surface area (Å²) in [5.41, 5.74) is 0.586. The number of hydrogen-bond donors (Lipinski definition) is 0. The molecule has 0 amide bonds. The highest BCUT2D eigenvalue weighted by Crippen LogP contribution is 2.26. The second-order valence-corrected chi connectivity index (χ2v) is 8.26. The number of benzene rings is 2. The average molecular weight is 408 g/mol. The molecule has 0 unspecified atom stereocenters. The van der Waals surface area contributed by atoms with Gasteiger partial charge in [-0.1, -0.05) is 0 Å². The first kappa shape index (κ1) is 18.6. The zero-order valence-corrected chi connectivity index (χ0v) is 15.3. The fraction of sp³-hybridized carbons (Fsp3) is 0.222. The summed E-state index contributed by atoms with van der Waals surface area (Å²) >= 11 is 0. The Labute approximate surface area is 159 Å². The lowest BCUT2D eigenvalue weighted by Crippen LogP contribution is -2.49. The van der Waals surface area contributed by atoms with Gasteiger partial charge in [0.1, 0.15) is 18.0 Å². The first-order chi connectivity index (χ1) is 13.4. The van der Waals surface area contributed by atoms with Gasteiger partial charge in [0.2, 0.25) is 10.0 Å². The van der Waals surface area contributed by atoms with Crippen LogP contribution in [0.2, 0.25) is 0 Å². The van der Waals surface area contributed by atoms with Crippen LogP contribution in [0.5, 0.6) is 0 Å². The van der Waals surface area contributed by atoms with Crippen molar-refractivity contribution in [3.05, 3.63) is 60.2 Å². The van der Waals surface area contributed by atoms with Crippen LogP contribution in [0.1, 0.15) is 0 Å². The summed E-state index contributed by atoms with van der Waals surface area (Å²) in [4.78, 5) is 9.89. The van der Waals surface area contributed by atoms with Crippen molar-refractivity contribution in [2.45, 2.75) is 4.90 Å². The van der Waals surface area contributed by atoms with E-state index in [1.807, 2.05) is 4.90 Å². The minimum absolute atomic E-state index is 0.127. The number of anilines is 1. The van der Waals surface area contributed by atoms with E-state index in [-0.39, 0.29) is 18.0 Å². The minimum atomic E-state index is -3.95. The van der Waals surface area contributed by atoms with Gasteiger partial charge in [-0.2, -0.15) is 4.31 Å². The van der Waals surface area contributed by atoms with Crippen LogP contribution < -0.4 is 4.90 Å². The minimum Gasteiger partial charge on any atom is -0.353 e. The Balaban J connectivity index is 1.57. The lowest BCUT2D eigenvalue weighted by atomic mass is 10.2. The maximum atomic E-state index is 13.6. The zero-order valence-electron chi connectivity index (χ0n) is 14.5. The molecule has 1 fully saturated rings. The second-order valence-electron chi connectivity index (χ2n) is 6.33. The lowest BCUT2D eigenvalue weighted by molar-refractivity contribution is 0.383. The van der Waals surface area contributed by atoms with Gasteiger partial charge in [-0.3, -0.25) is 0 Å². The maximum Gasteiger partial charge on any atom is 0.243 e. The van der Waals surface area contributed by atoms with E-state index in [9.17, 15) is 21.6 Å². The molecule has 3 aromatic rings. The standard InChI is InChI=1S/C18H15F3N4O2S/c19-12-1-4-17-14(9-12)18(23-11-22-17)24-5-7-25(8-6-24)28(26,27)13-2-3-15(20)16(21)10-13/h1-4,9-11H,5-8H2. The molecule has 6 nitrogen and oxygen atoms in total. The van der Waals surface area contributed by atoms with E-state index in [1.54, 1.807) is 6.07 Å². The van der Waals surface area contributed by atoms with Crippen molar-refractivity contribution in [1.29, 1.82) is 0 Å². The zero-order chi connectivity index (χ0) is 19.9. The summed E-state index contributed by atoms with van der Waals surface area (Å²) in [6.45, 7) is 0.876. The third-order valence-corrected chi connectivity index (χ3v) is 6.54. The van der Waals surface area contributed by atoms with Crippen LogP contribution >= 0.6 is 0 Å². The Kier molecular flexibility index (Phi) is 4.68.